The second kappa shape index (κ2) is 10.8. The maximum Gasteiger partial charge on any atom is 0.311 e. The molecular formula is C30H32N6O4. The Bertz CT molecular complexity index is 1590. The third-order valence-corrected chi connectivity index (χ3v) is 6.76. The van der Waals surface area contributed by atoms with Crippen LogP contribution in [0.1, 0.15) is 49.2 Å². The molecule has 4 aromatic rings. The van der Waals surface area contributed by atoms with Crippen LogP contribution in [0, 0.1) is 5.41 Å². The molecular weight excluding hydrogens is 508 g/mol. The van der Waals surface area contributed by atoms with Crippen LogP contribution in [0.4, 0.5) is 5.82 Å². The van der Waals surface area contributed by atoms with E-state index in [-0.39, 0.29) is 24.0 Å². The first-order valence-corrected chi connectivity index (χ1v) is 13.0. The van der Waals surface area contributed by atoms with Gasteiger partial charge in [0.1, 0.15) is 29.7 Å². The summed E-state index contributed by atoms with van der Waals surface area (Å²) in [6.45, 7) is 5.84. The van der Waals surface area contributed by atoms with E-state index in [4.69, 9.17) is 20.3 Å². The van der Waals surface area contributed by atoms with E-state index in [9.17, 15) is 9.59 Å². The molecule has 0 aliphatic heterocycles. The van der Waals surface area contributed by atoms with Crippen LogP contribution in [0.3, 0.4) is 0 Å². The van der Waals surface area contributed by atoms with E-state index in [0.717, 1.165) is 11.1 Å². The van der Waals surface area contributed by atoms with E-state index in [1.165, 1.54) is 13.4 Å². The van der Waals surface area contributed by atoms with E-state index < -0.39 is 5.41 Å². The molecule has 0 radical (unpaired) electrons. The predicted molar refractivity (Wildman–Crippen MR) is 151 cm³/mol. The smallest absolute Gasteiger partial charge is 0.311 e. The number of methoxy groups -OCH3 is 1. The van der Waals surface area contributed by atoms with Gasteiger partial charge in [-0.25, -0.2) is 14.6 Å². The van der Waals surface area contributed by atoms with Crippen molar-refractivity contribution >= 4 is 28.7 Å². The Labute approximate surface area is 232 Å². The molecule has 0 spiro atoms. The van der Waals surface area contributed by atoms with Gasteiger partial charge in [-0.15, -0.1) is 0 Å². The minimum atomic E-state index is -0.581. The van der Waals surface area contributed by atoms with Crippen molar-refractivity contribution < 1.29 is 19.1 Å². The first-order valence-electron chi connectivity index (χ1n) is 13.0. The number of aromatic nitrogens is 4. The zero-order valence-electron chi connectivity index (χ0n) is 22.9. The summed E-state index contributed by atoms with van der Waals surface area (Å²) in [6.07, 6.45) is 5.49. The van der Waals surface area contributed by atoms with Crippen molar-refractivity contribution in [2.75, 3.05) is 12.8 Å². The second-order valence-electron chi connectivity index (χ2n) is 10.7. The Morgan fingerprint density at radius 1 is 1.07 bits per heavy atom. The first-order chi connectivity index (χ1) is 19.2. The largest absolute Gasteiger partial charge is 0.496 e. The maximum atomic E-state index is 12.7. The fourth-order valence-electron chi connectivity index (χ4n) is 4.55. The highest BCUT2D eigenvalue weighted by molar-refractivity contribution is 5.98. The number of anilines is 1. The number of nitrogens with zero attached hydrogens (tertiary/aromatic N) is 4. The van der Waals surface area contributed by atoms with Crippen LogP contribution in [0.25, 0.3) is 22.3 Å². The Morgan fingerprint density at radius 2 is 1.82 bits per heavy atom. The monoisotopic (exact) mass is 540 g/mol. The summed E-state index contributed by atoms with van der Waals surface area (Å²) >= 11 is 0. The zero-order valence-corrected chi connectivity index (χ0v) is 22.9. The number of carbonyl (C=O) groups excluding carboxylic acids is 2. The molecule has 5 rings (SSSR count). The number of rotatable bonds is 7. The van der Waals surface area contributed by atoms with E-state index >= 15 is 0 Å². The molecule has 2 aromatic heterocycles. The van der Waals surface area contributed by atoms with E-state index in [1.807, 2.05) is 67.9 Å². The van der Waals surface area contributed by atoms with Gasteiger partial charge in [0.25, 0.3) is 5.91 Å². The topological polar surface area (TPSA) is 134 Å². The second-order valence-corrected chi connectivity index (χ2v) is 10.7. The van der Waals surface area contributed by atoms with Crippen molar-refractivity contribution in [2.24, 2.45) is 5.41 Å². The molecule has 1 aliphatic carbocycles. The summed E-state index contributed by atoms with van der Waals surface area (Å²) in [5.41, 5.74) is 9.20. The fourth-order valence-corrected chi connectivity index (χ4v) is 4.55. The number of nitrogens with two attached hydrogens (primary N) is 1. The van der Waals surface area contributed by atoms with Crippen LogP contribution in [-0.4, -0.2) is 44.8 Å². The van der Waals surface area contributed by atoms with Gasteiger partial charge in [0, 0.05) is 18.5 Å². The van der Waals surface area contributed by atoms with Crippen LogP contribution in [-0.2, 0) is 16.1 Å². The number of ether oxygens (including phenoxy) is 2. The number of hydrogen-bond acceptors (Lipinski definition) is 8. The van der Waals surface area contributed by atoms with Gasteiger partial charge < -0.3 is 20.5 Å². The van der Waals surface area contributed by atoms with Crippen molar-refractivity contribution in [3.05, 3.63) is 78.1 Å². The average molecular weight is 541 g/mol. The molecule has 2 atom stereocenters. The number of amides is 1. The van der Waals surface area contributed by atoms with Gasteiger partial charge in [0.15, 0.2) is 5.65 Å². The van der Waals surface area contributed by atoms with Crippen molar-refractivity contribution in [2.45, 2.75) is 45.9 Å². The molecule has 0 unspecified atom stereocenters. The summed E-state index contributed by atoms with van der Waals surface area (Å²) in [5, 5.41) is 8.48. The highest BCUT2D eigenvalue weighted by Gasteiger charge is 2.31. The molecule has 10 heteroatoms. The van der Waals surface area contributed by atoms with Gasteiger partial charge in [-0.3, -0.25) is 9.59 Å². The van der Waals surface area contributed by atoms with Crippen LogP contribution >= 0.6 is 0 Å². The quantitative estimate of drug-likeness (QED) is 0.259. The molecule has 0 saturated heterocycles. The lowest BCUT2D eigenvalue weighted by Gasteiger charge is -2.20. The summed E-state index contributed by atoms with van der Waals surface area (Å²) in [7, 11) is 1.54. The highest BCUT2D eigenvalue weighted by atomic mass is 16.5. The van der Waals surface area contributed by atoms with Crippen molar-refractivity contribution in [3.8, 4) is 17.0 Å². The summed E-state index contributed by atoms with van der Waals surface area (Å²) in [4.78, 5) is 33.7. The number of fused-ring (bicyclic) bond motifs is 1. The van der Waals surface area contributed by atoms with Gasteiger partial charge in [0.2, 0.25) is 0 Å². The predicted octanol–water partition coefficient (Wildman–Crippen LogP) is 4.47. The number of nitrogens with one attached hydrogen (secondary N) is 1. The Morgan fingerprint density at radius 3 is 2.55 bits per heavy atom. The number of esters is 1. The molecule has 1 amide bonds. The minimum Gasteiger partial charge on any atom is -0.496 e. The van der Waals surface area contributed by atoms with E-state index in [2.05, 4.69) is 15.3 Å². The van der Waals surface area contributed by atoms with Crippen LogP contribution in [0.2, 0.25) is 0 Å². The molecule has 0 fully saturated rings. The number of hydrogen-bond donors (Lipinski definition) is 2. The molecule has 2 aromatic carbocycles. The SMILES string of the molecule is COc1ccccc1C(=O)NCc1ccc(-c2nn([C@H]3C=C[C@@H](OC(=O)C(C)(C)C)C3)c3ncnc(N)c23)cc1. The Balaban J connectivity index is 1.35. The molecule has 2 heterocycles. The maximum absolute atomic E-state index is 12.7. The van der Waals surface area contributed by atoms with Gasteiger partial charge in [-0.05, 0) is 44.5 Å². The normalized spacial score (nSPS) is 16.7. The highest BCUT2D eigenvalue weighted by Crippen LogP contribution is 2.35. The summed E-state index contributed by atoms with van der Waals surface area (Å²) < 4.78 is 12.8. The molecule has 3 N–H and O–H groups in total. The third-order valence-electron chi connectivity index (χ3n) is 6.76. The lowest BCUT2D eigenvalue weighted by Crippen LogP contribution is -2.27. The standard InChI is InChI=1S/C30H32N6O4/c1-30(2,3)29(38)40-21-14-13-20(15-21)36-27-24(26(31)33-17-34-27)25(35-36)19-11-9-18(10-12-19)16-32-28(37)22-7-5-6-8-23(22)39-4/h5-14,17,20-21H,15-16H2,1-4H3,(H,32,37)(H2,31,33,34)/t20-,21+/m0/s1. The van der Waals surface area contributed by atoms with Gasteiger partial charge in [-0.2, -0.15) is 5.10 Å². The van der Waals surface area contributed by atoms with Gasteiger partial charge in [0.05, 0.1) is 29.5 Å². The van der Waals surface area contributed by atoms with Gasteiger partial charge >= 0.3 is 5.97 Å². The Hall–Kier alpha value is -4.73. The van der Waals surface area contributed by atoms with E-state index in [1.54, 1.807) is 18.2 Å². The molecule has 10 nitrogen and oxygen atoms in total. The summed E-state index contributed by atoms with van der Waals surface area (Å²) in [6, 6.07) is 14.7. The van der Waals surface area contributed by atoms with Crippen LogP contribution < -0.4 is 15.8 Å². The number of benzene rings is 2. The molecule has 0 bridgehead atoms. The minimum absolute atomic E-state index is 0.159. The number of allylic oxidation sites excluding steroid dienone is 1. The zero-order chi connectivity index (χ0) is 28.4. The van der Waals surface area contributed by atoms with Crippen molar-refractivity contribution in [3.63, 3.8) is 0 Å². The average Bonchev–Trinajstić information content (AvgIpc) is 3.57. The van der Waals surface area contributed by atoms with Crippen molar-refractivity contribution in [1.82, 2.24) is 25.1 Å². The molecule has 0 saturated carbocycles. The molecule has 206 valence electrons. The first kappa shape index (κ1) is 26.9. The fraction of sp³-hybridized carbons (Fsp3) is 0.300. The van der Waals surface area contributed by atoms with E-state index in [0.29, 0.717) is 46.8 Å². The summed E-state index contributed by atoms with van der Waals surface area (Å²) in [5.74, 6) is 0.386. The molecule has 40 heavy (non-hydrogen) atoms. The Kier molecular flexibility index (Phi) is 7.25. The van der Waals surface area contributed by atoms with Crippen molar-refractivity contribution in [1.29, 1.82) is 0 Å². The van der Waals surface area contributed by atoms with Gasteiger partial charge in [-0.1, -0.05) is 42.5 Å². The third kappa shape index (κ3) is 5.38. The number of nitrogen functional groups attached to an aromatic ring is 1. The van der Waals surface area contributed by atoms with Crippen LogP contribution in [0.15, 0.2) is 67.0 Å². The molecule has 1 aliphatic rings. The lowest BCUT2D eigenvalue weighted by atomic mass is 9.97. The number of para-hydroxylation sites is 1. The lowest BCUT2D eigenvalue weighted by molar-refractivity contribution is -0.156. The number of carbonyl (C=O) groups is 2. The van der Waals surface area contributed by atoms with Crippen LogP contribution in [0.5, 0.6) is 5.75 Å².